The summed E-state index contributed by atoms with van der Waals surface area (Å²) in [4.78, 5) is 12.2. The van der Waals surface area contributed by atoms with Crippen LogP contribution < -0.4 is 5.73 Å². The molecule has 0 amide bonds. The van der Waals surface area contributed by atoms with Gasteiger partial charge in [0.2, 0.25) is 0 Å². The minimum absolute atomic E-state index is 0.00978. The maximum absolute atomic E-state index is 12.2. The summed E-state index contributed by atoms with van der Waals surface area (Å²) in [6, 6.07) is 6.13. The maximum atomic E-state index is 12.2. The Labute approximate surface area is 98.7 Å². The second-order valence-corrected chi connectivity index (χ2v) is 4.41. The summed E-state index contributed by atoms with van der Waals surface area (Å²) in [7, 11) is 0. The number of rotatable bonds is 2. The largest absolute Gasteiger partial charge is 0.507 e. The van der Waals surface area contributed by atoms with Crippen LogP contribution in [0.25, 0.3) is 0 Å². The van der Waals surface area contributed by atoms with Gasteiger partial charge in [-0.05, 0) is 18.6 Å². The molecule has 17 heavy (non-hydrogen) atoms. The van der Waals surface area contributed by atoms with Crippen molar-refractivity contribution >= 4 is 5.78 Å². The first-order chi connectivity index (χ1) is 8.18. The lowest BCUT2D eigenvalue weighted by molar-refractivity contribution is 0.102. The quantitative estimate of drug-likeness (QED) is 0.588. The van der Waals surface area contributed by atoms with Crippen molar-refractivity contribution in [2.45, 2.75) is 24.7 Å². The highest BCUT2D eigenvalue weighted by molar-refractivity contribution is 6.11. The van der Waals surface area contributed by atoms with Crippen molar-refractivity contribution in [2.75, 3.05) is 0 Å². The number of nitrogens with two attached hydrogens (primary N) is 1. The van der Waals surface area contributed by atoms with Crippen molar-refractivity contribution < 1.29 is 14.6 Å². The molecule has 3 N–H and O–H groups in total. The van der Waals surface area contributed by atoms with E-state index in [1.807, 2.05) is 6.08 Å². The highest BCUT2D eigenvalue weighted by atomic mass is 16.6. The molecule has 0 bridgehead atoms. The molecule has 3 rings (SSSR count). The van der Waals surface area contributed by atoms with E-state index in [0.717, 1.165) is 6.42 Å². The number of aromatic hydroxyl groups is 1. The number of phenolic OH excluding ortho intramolecular Hbond substituents is 1. The van der Waals surface area contributed by atoms with Gasteiger partial charge in [0.05, 0.1) is 17.7 Å². The fourth-order valence-corrected chi connectivity index (χ4v) is 2.28. The van der Waals surface area contributed by atoms with E-state index >= 15 is 0 Å². The number of para-hydroxylation sites is 1. The Morgan fingerprint density at radius 1 is 1.41 bits per heavy atom. The van der Waals surface area contributed by atoms with E-state index in [4.69, 9.17) is 10.5 Å². The number of carbonyl (C=O) groups is 1. The molecule has 1 saturated heterocycles. The van der Waals surface area contributed by atoms with Crippen LogP contribution in [-0.4, -0.2) is 29.1 Å². The first-order valence-corrected chi connectivity index (χ1v) is 5.62. The fraction of sp³-hybridized carbons (Fsp3) is 0.308. The number of benzene rings is 1. The Balaban J connectivity index is 1.92. The summed E-state index contributed by atoms with van der Waals surface area (Å²) in [5.74, 6) is -0.214. The zero-order valence-corrected chi connectivity index (χ0v) is 9.17. The van der Waals surface area contributed by atoms with E-state index in [-0.39, 0.29) is 29.8 Å². The Morgan fingerprint density at radius 2 is 2.18 bits per heavy atom. The molecule has 4 nitrogen and oxygen atoms in total. The standard InChI is InChI=1S/C13H13NO3/c14-11-8(5-6-10-13(11)17-10)12(16)7-3-1-2-4-9(7)15/h1-5,10-11,13,15H,6,14H2. The molecule has 88 valence electrons. The summed E-state index contributed by atoms with van der Waals surface area (Å²) in [6.07, 6.45) is 2.72. The summed E-state index contributed by atoms with van der Waals surface area (Å²) in [5.41, 5.74) is 6.80. The SMILES string of the molecule is NC1C(C(=O)c2ccccc2O)=CCC2OC21. The average Bonchev–Trinajstić information content (AvgIpc) is 3.09. The van der Waals surface area contributed by atoms with Crippen LogP contribution in [0.2, 0.25) is 0 Å². The minimum atomic E-state index is -0.374. The van der Waals surface area contributed by atoms with E-state index < -0.39 is 0 Å². The lowest BCUT2D eigenvalue weighted by Gasteiger charge is -2.16. The van der Waals surface area contributed by atoms with Crippen molar-refractivity contribution in [1.29, 1.82) is 0 Å². The summed E-state index contributed by atoms with van der Waals surface area (Å²) >= 11 is 0. The monoisotopic (exact) mass is 231 g/mol. The molecule has 1 aromatic rings. The normalized spacial score (nSPS) is 30.4. The zero-order valence-electron chi connectivity index (χ0n) is 9.17. The molecule has 0 saturated carbocycles. The lowest BCUT2D eigenvalue weighted by Crippen LogP contribution is -2.36. The van der Waals surface area contributed by atoms with E-state index in [1.165, 1.54) is 6.07 Å². The Bertz CT molecular complexity index is 509. The van der Waals surface area contributed by atoms with Crippen LogP contribution in [0.4, 0.5) is 0 Å². The Hall–Kier alpha value is -1.65. The number of ketones is 1. The summed E-state index contributed by atoms with van der Waals surface area (Å²) in [6.45, 7) is 0. The van der Waals surface area contributed by atoms with Crippen LogP contribution in [-0.2, 0) is 4.74 Å². The van der Waals surface area contributed by atoms with Crippen LogP contribution in [0, 0.1) is 0 Å². The second-order valence-electron chi connectivity index (χ2n) is 4.41. The Kier molecular flexibility index (Phi) is 2.28. The number of carbonyl (C=O) groups excluding carboxylic acids is 1. The fourth-order valence-electron chi connectivity index (χ4n) is 2.28. The molecule has 4 heteroatoms. The molecule has 0 radical (unpaired) electrons. The highest BCUT2D eigenvalue weighted by Crippen LogP contribution is 2.36. The molecule has 1 fully saturated rings. The van der Waals surface area contributed by atoms with Crippen molar-refractivity contribution in [3.05, 3.63) is 41.5 Å². The molecule has 0 aromatic heterocycles. The van der Waals surface area contributed by atoms with Gasteiger partial charge in [0.1, 0.15) is 11.9 Å². The summed E-state index contributed by atoms with van der Waals surface area (Å²) < 4.78 is 5.34. The molecular formula is C13H13NO3. The van der Waals surface area contributed by atoms with E-state index in [0.29, 0.717) is 11.1 Å². The van der Waals surface area contributed by atoms with Gasteiger partial charge >= 0.3 is 0 Å². The molecule has 1 heterocycles. The smallest absolute Gasteiger partial charge is 0.194 e. The first-order valence-electron chi connectivity index (χ1n) is 5.62. The third kappa shape index (κ3) is 1.66. The number of fused-ring (bicyclic) bond motifs is 1. The van der Waals surface area contributed by atoms with Crippen molar-refractivity contribution in [3.63, 3.8) is 0 Å². The van der Waals surface area contributed by atoms with Crippen LogP contribution in [0.1, 0.15) is 16.8 Å². The molecule has 3 atom stereocenters. The molecule has 1 aliphatic carbocycles. The van der Waals surface area contributed by atoms with Gasteiger partial charge in [0.25, 0.3) is 0 Å². The van der Waals surface area contributed by atoms with Crippen LogP contribution in [0.15, 0.2) is 35.9 Å². The van der Waals surface area contributed by atoms with Gasteiger partial charge in [-0.3, -0.25) is 4.79 Å². The number of hydrogen-bond donors (Lipinski definition) is 2. The van der Waals surface area contributed by atoms with Crippen molar-refractivity contribution in [1.82, 2.24) is 0 Å². The lowest BCUT2D eigenvalue weighted by atomic mass is 9.89. The molecule has 1 aromatic carbocycles. The first kappa shape index (κ1) is 10.5. The van der Waals surface area contributed by atoms with Gasteiger partial charge in [0, 0.05) is 5.57 Å². The third-order valence-electron chi connectivity index (χ3n) is 3.32. The van der Waals surface area contributed by atoms with Crippen LogP contribution >= 0.6 is 0 Å². The molecule has 0 spiro atoms. The molecule has 1 aliphatic heterocycles. The molecule has 3 unspecified atom stereocenters. The van der Waals surface area contributed by atoms with E-state index in [9.17, 15) is 9.90 Å². The topological polar surface area (TPSA) is 75.9 Å². The van der Waals surface area contributed by atoms with Crippen molar-refractivity contribution in [3.8, 4) is 5.75 Å². The summed E-state index contributed by atoms with van der Waals surface area (Å²) in [5, 5.41) is 9.65. The number of phenols is 1. The Morgan fingerprint density at radius 3 is 2.94 bits per heavy atom. The number of ether oxygens (including phenoxy) is 1. The number of epoxide rings is 1. The third-order valence-corrected chi connectivity index (χ3v) is 3.32. The van der Waals surface area contributed by atoms with Gasteiger partial charge in [0.15, 0.2) is 5.78 Å². The van der Waals surface area contributed by atoms with E-state index in [1.54, 1.807) is 18.2 Å². The number of hydrogen-bond acceptors (Lipinski definition) is 4. The van der Waals surface area contributed by atoms with Gasteiger partial charge in [-0.15, -0.1) is 0 Å². The van der Waals surface area contributed by atoms with Crippen molar-refractivity contribution in [2.24, 2.45) is 5.73 Å². The second kappa shape index (κ2) is 3.68. The van der Waals surface area contributed by atoms with Gasteiger partial charge in [-0.1, -0.05) is 18.2 Å². The molecular weight excluding hydrogens is 218 g/mol. The van der Waals surface area contributed by atoms with Gasteiger partial charge in [-0.25, -0.2) is 0 Å². The zero-order chi connectivity index (χ0) is 12.0. The van der Waals surface area contributed by atoms with Crippen LogP contribution in [0.3, 0.4) is 0 Å². The molecule has 2 aliphatic rings. The minimum Gasteiger partial charge on any atom is -0.507 e. The van der Waals surface area contributed by atoms with Crippen LogP contribution in [0.5, 0.6) is 5.75 Å². The predicted octanol–water partition coefficient (Wildman–Crippen LogP) is 1.000. The number of Topliss-reactive ketones (excluding diaryl/α,β-unsaturated/α-hetero) is 1. The highest BCUT2D eigenvalue weighted by Gasteiger charge is 2.48. The maximum Gasteiger partial charge on any atom is 0.194 e. The average molecular weight is 231 g/mol. The van der Waals surface area contributed by atoms with Gasteiger partial charge < -0.3 is 15.6 Å². The van der Waals surface area contributed by atoms with Gasteiger partial charge in [-0.2, -0.15) is 0 Å². The predicted molar refractivity (Wildman–Crippen MR) is 61.8 cm³/mol. The van der Waals surface area contributed by atoms with E-state index in [2.05, 4.69) is 0 Å².